The smallest absolute Gasteiger partial charge is 0.225 e. The largest absolute Gasteiger partial charge is 0.397 e. The summed E-state index contributed by atoms with van der Waals surface area (Å²) in [4.78, 5) is 14.4. The minimum atomic E-state index is -0.00297. The maximum absolute atomic E-state index is 12.0. The van der Waals surface area contributed by atoms with Crippen LogP contribution in [0.1, 0.15) is 32.6 Å². The van der Waals surface area contributed by atoms with Crippen molar-refractivity contribution in [2.45, 2.75) is 38.6 Å². The van der Waals surface area contributed by atoms with E-state index in [0.29, 0.717) is 28.9 Å². The molecule has 0 saturated carbocycles. The van der Waals surface area contributed by atoms with Crippen LogP contribution in [0.3, 0.4) is 0 Å². The number of benzene rings is 1. The molecular weight excluding hydrogens is 274 g/mol. The van der Waals surface area contributed by atoms with E-state index >= 15 is 0 Å². The van der Waals surface area contributed by atoms with Crippen molar-refractivity contribution in [3.8, 4) is 0 Å². The predicted molar refractivity (Wildman–Crippen MR) is 84.0 cm³/mol. The molecule has 1 atom stereocenters. The van der Waals surface area contributed by atoms with Crippen LogP contribution in [0.5, 0.6) is 0 Å². The van der Waals surface area contributed by atoms with E-state index in [1.54, 1.807) is 18.2 Å². The van der Waals surface area contributed by atoms with Gasteiger partial charge in [0.05, 0.1) is 11.4 Å². The lowest BCUT2D eigenvalue weighted by atomic mass is 10.0. The second-order valence-electron chi connectivity index (χ2n) is 5.41. The Balaban J connectivity index is 1.83. The van der Waals surface area contributed by atoms with Crippen LogP contribution < -0.4 is 11.1 Å². The second-order valence-corrected chi connectivity index (χ2v) is 5.85. The molecule has 0 aliphatic carbocycles. The topological polar surface area (TPSA) is 58.4 Å². The average Bonchev–Trinajstić information content (AvgIpc) is 2.41. The Hall–Kier alpha value is -1.26. The Labute approximate surface area is 125 Å². The van der Waals surface area contributed by atoms with E-state index in [0.717, 1.165) is 13.1 Å². The average molecular weight is 296 g/mol. The van der Waals surface area contributed by atoms with E-state index < -0.39 is 0 Å². The highest BCUT2D eigenvalue weighted by atomic mass is 35.5. The fourth-order valence-corrected chi connectivity index (χ4v) is 2.78. The quantitative estimate of drug-likeness (QED) is 0.839. The molecule has 1 fully saturated rings. The fraction of sp³-hybridized carbons (Fsp3) is 0.533. The van der Waals surface area contributed by atoms with Crippen molar-refractivity contribution in [3.63, 3.8) is 0 Å². The van der Waals surface area contributed by atoms with Gasteiger partial charge in [0.1, 0.15) is 0 Å². The lowest BCUT2D eigenvalue weighted by molar-refractivity contribution is -0.116. The molecule has 5 heteroatoms. The molecule has 0 spiro atoms. The molecule has 0 radical (unpaired) electrons. The first kappa shape index (κ1) is 15.1. The molecule has 4 nitrogen and oxygen atoms in total. The lowest BCUT2D eigenvalue weighted by Gasteiger charge is -2.33. The summed E-state index contributed by atoms with van der Waals surface area (Å²) in [5.74, 6) is -0.00297. The normalized spacial score (nSPS) is 19.8. The molecule has 0 aromatic heterocycles. The van der Waals surface area contributed by atoms with E-state index in [2.05, 4.69) is 17.1 Å². The number of likely N-dealkylation sites (tertiary alicyclic amines) is 1. The van der Waals surface area contributed by atoms with Gasteiger partial charge in [-0.2, -0.15) is 0 Å². The third-order valence-corrected chi connectivity index (χ3v) is 4.09. The summed E-state index contributed by atoms with van der Waals surface area (Å²) >= 11 is 5.83. The van der Waals surface area contributed by atoms with Crippen LogP contribution in [0, 0.1) is 0 Å². The van der Waals surface area contributed by atoms with Crippen molar-refractivity contribution < 1.29 is 4.79 Å². The molecule has 20 heavy (non-hydrogen) atoms. The second kappa shape index (κ2) is 6.95. The number of nitrogen functional groups attached to an aromatic ring is 1. The van der Waals surface area contributed by atoms with Crippen LogP contribution >= 0.6 is 11.6 Å². The number of anilines is 2. The zero-order chi connectivity index (χ0) is 14.5. The van der Waals surface area contributed by atoms with E-state index in [1.165, 1.54) is 19.3 Å². The highest BCUT2D eigenvalue weighted by Gasteiger charge is 2.18. The summed E-state index contributed by atoms with van der Waals surface area (Å²) in [5.41, 5.74) is 6.95. The molecule has 1 heterocycles. The Bertz CT molecular complexity index is 478. The summed E-state index contributed by atoms with van der Waals surface area (Å²) in [6.45, 7) is 4.13. The molecule has 0 bridgehead atoms. The maximum atomic E-state index is 12.0. The summed E-state index contributed by atoms with van der Waals surface area (Å²) in [5, 5.41) is 3.41. The third kappa shape index (κ3) is 4.12. The Kier molecular flexibility index (Phi) is 5.26. The zero-order valence-corrected chi connectivity index (χ0v) is 12.6. The molecule has 1 unspecified atom stereocenters. The number of hydrogen-bond donors (Lipinski definition) is 2. The number of carbonyl (C=O) groups is 1. The van der Waals surface area contributed by atoms with Crippen molar-refractivity contribution in [2.24, 2.45) is 0 Å². The number of piperidine rings is 1. The van der Waals surface area contributed by atoms with Crippen molar-refractivity contribution in [1.29, 1.82) is 0 Å². The summed E-state index contributed by atoms with van der Waals surface area (Å²) < 4.78 is 0. The number of rotatable bonds is 4. The van der Waals surface area contributed by atoms with Gasteiger partial charge >= 0.3 is 0 Å². The predicted octanol–water partition coefficient (Wildman–Crippen LogP) is 3.13. The monoisotopic (exact) mass is 295 g/mol. The van der Waals surface area contributed by atoms with E-state index in [-0.39, 0.29) is 5.91 Å². The maximum Gasteiger partial charge on any atom is 0.225 e. The number of nitrogens with zero attached hydrogens (tertiary/aromatic N) is 1. The molecule has 1 amide bonds. The van der Waals surface area contributed by atoms with Crippen molar-refractivity contribution >= 4 is 28.9 Å². The molecule has 110 valence electrons. The Morgan fingerprint density at radius 1 is 1.50 bits per heavy atom. The summed E-state index contributed by atoms with van der Waals surface area (Å²) in [7, 11) is 0. The molecule has 1 aromatic carbocycles. The number of nitrogens with one attached hydrogen (secondary N) is 1. The van der Waals surface area contributed by atoms with Gasteiger partial charge in [0.2, 0.25) is 5.91 Å². The fourth-order valence-electron chi connectivity index (χ4n) is 2.60. The van der Waals surface area contributed by atoms with Crippen LogP contribution in [-0.4, -0.2) is 29.9 Å². The van der Waals surface area contributed by atoms with Gasteiger partial charge in [0.15, 0.2) is 0 Å². The molecule has 1 saturated heterocycles. The van der Waals surface area contributed by atoms with Gasteiger partial charge in [-0.25, -0.2) is 0 Å². The van der Waals surface area contributed by atoms with Crippen LogP contribution in [0.15, 0.2) is 18.2 Å². The number of carbonyl (C=O) groups excluding carboxylic acids is 1. The van der Waals surface area contributed by atoms with Gasteiger partial charge in [-0.05, 0) is 44.5 Å². The van der Waals surface area contributed by atoms with Crippen molar-refractivity contribution in [2.75, 3.05) is 24.1 Å². The zero-order valence-electron chi connectivity index (χ0n) is 11.9. The van der Waals surface area contributed by atoms with Crippen LogP contribution in [0.4, 0.5) is 11.4 Å². The highest BCUT2D eigenvalue weighted by Crippen LogP contribution is 2.23. The molecule has 2 rings (SSSR count). The minimum absolute atomic E-state index is 0.00297. The van der Waals surface area contributed by atoms with Crippen molar-refractivity contribution in [1.82, 2.24) is 4.90 Å². The molecular formula is C15H22ClN3O. The summed E-state index contributed by atoms with van der Waals surface area (Å²) in [6, 6.07) is 5.68. The lowest BCUT2D eigenvalue weighted by Crippen LogP contribution is -2.39. The number of halogens is 1. The molecule has 1 aliphatic heterocycles. The molecule has 3 N–H and O–H groups in total. The first-order chi connectivity index (χ1) is 9.56. The van der Waals surface area contributed by atoms with Gasteiger partial charge in [0.25, 0.3) is 0 Å². The standard InChI is InChI=1S/C15H22ClN3O/c1-11-4-2-3-8-19(11)9-7-15(20)18-14-6-5-12(16)10-13(14)17/h5-6,10-11H,2-4,7-9,17H2,1H3,(H,18,20). The van der Waals surface area contributed by atoms with Crippen LogP contribution in [0.2, 0.25) is 5.02 Å². The minimum Gasteiger partial charge on any atom is -0.397 e. The third-order valence-electron chi connectivity index (χ3n) is 3.85. The number of amides is 1. The molecule has 1 aliphatic rings. The Morgan fingerprint density at radius 3 is 3.00 bits per heavy atom. The molecule has 1 aromatic rings. The van der Waals surface area contributed by atoms with Gasteiger partial charge in [0, 0.05) is 24.0 Å². The van der Waals surface area contributed by atoms with E-state index in [9.17, 15) is 4.79 Å². The van der Waals surface area contributed by atoms with E-state index in [1.807, 2.05) is 0 Å². The van der Waals surface area contributed by atoms with Gasteiger partial charge < -0.3 is 16.0 Å². The SMILES string of the molecule is CC1CCCCN1CCC(=O)Nc1ccc(Cl)cc1N. The first-order valence-electron chi connectivity index (χ1n) is 7.15. The van der Waals surface area contributed by atoms with Gasteiger partial charge in [-0.3, -0.25) is 4.79 Å². The first-order valence-corrected chi connectivity index (χ1v) is 7.53. The van der Waals surface area contributed by atoms with Crippen LogP contribution in [-0.2, 0) is 4.79 Å². The number of hydrogen-bond acceptors (Lipinski definition) is 3. The van der Waals surface area contributed by atoms with Crippen molar-refractivity contribution in [3.05, 3.63) is 23.2 Å². The van der Waals surface area contributed by atoms with Gasteiger partial charge in [-0.15, -0.1) is 0 Å². The Morgan fingerprint density at radius 2 is 2.30 bits per heavy atom. The summed E-state index contributed by atoms with van der Waals surface area (Å²) in [6.07, 6.45) is 4.25. The van der Waals surface area contributed by atoms with Gasteiger partial charge in [-0.1, -0.05) is 18.0 Å². The van der Waals surface area contributed by atoms with Crippen LogP contribution in [0.25, 0.3) is 0 Å². The van der Waals surface area contributed by atoms with E-state index in [4.69, 9.17) is 17.3 Å². The number of nitrogens with two attached hydrogens (primary N) is 1. The highest BCUT2D eigenvalue weighted by molar-refractivity contribution is 6.31.